The molecule has 2 aromatic rings. The van der Waals surface area contributed by atoms with Crippen molar-refractivity contribution in [1.82, 2.24) is 0 Å². The van der Waals surface area contributed by atoms with Crippen molar-refractivity contribution in [1.29, 1.82) is 0 Å². The molecule has 5 nitrogen and oxygen atoms in total. The molecule has 102 valence electrons. The van der Waals surface area contributed by atoms with Gasteiger partial charge >= 0.3 is 5.97 Å². The maximum atomic E-state index is 12.2. The van der Waals surface area contributed by atoms with E-state index in [9.17, 15) is 13.2 Å². The van der Waals surface area contributed by atoms with Gasteiger partial charge in [-0.25, -0.2) is 13.2 Å². The smallest absolute Gasteiger partial charge is 0.348 e. The van der Waals surface area contributed by atoms with E-state index >= 15 is 0 Å². The molecule has 2 aromatic heterocycles. The molecule has 2 heterocycles. The summed E-state index contributed by atoms with van der Waals surface area (Å²) in [4.78, 5) is 11.9. The third-order valence-corrected chi connectivity index (χ3v) is 6.31. The quantitative estimate of drug-likeness (QED) is 0.908. The average Bonchev–Trinajstić information content (AvgIpc) is 2.87. The fourth-order valence-electron chi connectivity index (χ4n) is 1.47. The molecule has 0 spiro atoms. The summed E-state index contributed by atoms with van der Waals surface area (Å²) in [6.45, 7) is 3.47. The number of thiophene rings is 2. The van der Waals surface area contributed by atoms with Gasteiger partial charge in [0, 0.05) is 4.88 Å². The fraction of sp³-hybridized carbons (Fsp3) is 0.182. The van der Waals surface area contributed by atoms with Crippen molar-refractivity contribution in [2.75, 3.05) is 4.72 Å². The monoisotopic (exact) mass is 317 g/mol. The number of sulfonamides is 1. The zero-order chi connectivity index (χ0) is 14.2. The van der Waals surface area contributed by atoms with Crippen LogP contribution >= 0.6 is 22.7 Å². The van der Waals surface area contributed by atoms with E-state index in [-0.39, 0.29) is 14.8 Å². The van der Waals surface area contributed by atoms with Crippen molar-refractivity contribution in [3.63, 3.8) is 0 Å². The minimum atomic E-state index is -3.73. The summed E-state index contributed by atoms with van der Waals surface area (Å²) in [5, 5.41) is 10.6. The summed E-state index contributed by atoms with van der Waals surface area (Å²) >= 11 is 2.14. The molecular formula is C11H11NO4S3. The summed E-state index contributed by atoms with van der Waals surface area (Å²) in [6.07, 6.45) is 0. The molecule has 0 saturated carbocycles. The number of carbonyl (C=O) groups is 1. The minimum absolute atomic E-state index is 0.00523. The van der Waals surface area contributed by atoms with Crippen LogP contribution in [-0.4, -0.2) is 19.5 Å². The van der Waals surface area contributed by atoms with Gasteiger partial charge in [-0.05, 0) is 36.9 Å². The molecular weight excluding hydrogens is 306 g/mol. The van der Waals surface area contributed by atoms with E-state index < -0.39 is 16.0 Å². The second-order valence-electron chi connectivity index (χ2n) is 3.90. The summed E-state index contributed by atoms with van der Waals surface area (Å²) in [7, 11) is -3.73. The third kappa shape index (κ3) is 2.80. The van der Waals surface area contributed by atoms with Crippen LogP contribution in [0.25, 0.3) is 0 Å². The lowest BCUT2D eigenvalue weighted by Crippen LogP contribution is -2.13. The molecule has 0 bridgehead atoms. The Morgan fingerprint density at radius 3 is 2.53 bits per heavy atom. The van der Waals surface area contributed by atoms with E-state index in [1.807, 2.05) is 6.92 Å². The Balaban J connectivity index is 2.41. The normalized spacial score (nSPS) is 11.5. The maximum absolute atomic E-state index is 12.2. The van der Waals surface area contributed by atoms with Crippen LogP contribution < -0.4 is 4.72 Å². The Morgan fingerprint density at radius 1 is 1.32 bits per heavy atom. The highest BCUT2D eigenvalue weighted by atomic mass is 32.2. The van der Waals surface area contributed by atoms with Gasteiger partial charge < -0.3 is 5.11 Å². The molecule has 0 amide bonds. The van der Waals surface area contributed by atoms with Gasteiger partial charge in [0.25, 0.3) is 10.0 Å². The SMILES string of the molecule is Cc1ccc(S(=O)(=O)Nc2c(C)csc2C(=O)O)s1. The minimum Gasteiger partial charge on any atom is -0.477 e. The molecule has 0 aromatic carbocycles. The van der Waals surface area contributed by atoms with Gasteiger partial charge in [0.1, 0.15) is 9.09 Å². The maximum Gasteiger partial charge on any atom is 0.348 e. The van der Waals surface area contributed by atoms with Crippen molar-refractivity contribution < 1.29 is 18.3 Å². The van der Waals surface area contributed by atoms with Crippen molar-refractivity contribution in [3.05, 3.63) is 32.8 Å². The molecule has 0 fully saturated rings. The summed E-state index contributed by atoms with van der Waals surface area (Å²) in [6, 6.07) is 3.21. The number of rotatable bonds is 4. The Kier molecular flexibility index (Phi) is 3.66. The fourth-order valence-corrected chi connectivity index (χ4v) is 4.80. The molecule has 19 heavy (non-hydrogen) atoms. The topological polar surface area (TPSA) is 83.5 Å². The van der Waals surface area contributed by atoms with Crippen LogP contribution in [0.2, 0.25) is 0 Å². The number of carboxylic acid groups (broad SMARTS) is 1. The third-order valence-electron chi connectivity index (χ3n) is 2.39. The Hall–Kier alpha value is -1.38. The van der Waals surface area contributed by atoms with Crippen molar-refractivity contribution >= 4 is 44.4 Å². The number of aromatic carboxylic acids is 1. The van der Waals surface area contributed by atoms with Crippen LogP contribution in [0, 0.1) is 13.8 Å². The van der Waals surface area contributed by atoms with E-state index in [1.54, 1.807) is 18.4 Å². The van der Waals surface area contributed by atoms with Gasteiger partial charge in [0.2, 0.25) is 0 Å². The van der Waals surface area contributed by atoms with E-state index in [0.29, 0.717) is 5.56 Å². The lowest BCUT2D eigenvalue weighted by Gasteiger charge is -2.07. The largest absolute Gasteiger partial charge is 0.477 e. The van der Waals surface area contributed by atoms with Crippen LogP contribution in [0.1, 0.15) is 20.1 Å². The second-order valence-corrected chi connectivity index (χ2v) is 7.98. The second kappa shape index (κ2) is 4.95. The van der Waals surface area contributed by atoms with Gasteiger partial charge in [0.15, 0.2) is 0 Å². The molecule has 8 heteroatoms. The molecule has 2 rings (SSSR count). The van der Waals surface area contributed by atoms with Gasteiger partial charge in [-0.15, -0.1) is 22.7 Å². The van der Waals surface area contributed by atoms with Crippen LogP contribution in [-0.2, 0) is 10.0 Å². The zero-order valence-corrected chi connectivity index (χ0v) is 12.6. The van der Waals surface area contributed by atoms with Crippen LogP contribution in [0.5, 0.6) is 0 Å². The van der Waals surface area contributed by atoms with Crippen LogP contribution in [0.4, 0.5) is 5.69 Å². The summed E-state index contributed by atoms with van der Waals surface area (Å²) in [5.41, 5.74) is 0.739. The Labute approximate surface area is 118 Å². The van der Waals surface area contributed by atoms with Crippen LogP contribution in [0.3, 0.4) is 0 Å². The van der Waals surface area contributed by atoms with E-state index in [0.717, 1.165) is 27.6 Å². The number of nitrogens with one attached hydrogen (secondary N) is 1. The van der Waals surface area contributed by atoms with Gasteiger partial charge in [0.05, 0.1) is 5.69 Å². The van der Waals surface area contributed by atoms with Crippen molar-refractivity contribution in [3.8, 4) is 0 Å². The number of aryl methyl sites for hydroxylation is 2. The van der Waals surface area contributed by atoms with E-state index in [1.165, 1.54) is 6.07 Å². The first-order valence-corrected chi connectivity index (χ1v) is 8.40. The lowest BCUT2D eigenvalue weighted by atomic mass is 10.3. The molecule has 0 radical (unpaired) electrons. The number of anilines is 1. The molecule has 2 N–H and O–H groups in total. The molecule has 0 aliphatic rings. The highest BCUT2D eigenvalue weighted by Crippen LogP contribution is 2.31. The van der Waals surface area contributed by atoms with Gasteiger partial charge in [-0.2, -0.15) is 0 Å². The molecule has 0 saturated heterocycles. The Bertz CT molecular complexity index is 727. The zero-order valence-electron chi connectivity index (χ0n) is 10.1. The standard InChI is InChI=1S/C11H11NO4S3/c1-6-5-17-10(11(13)14)9(6)12-19(15,16)8-4-3-7(2)18-8/h3-5,12H,1-2H3,(H,13,14). The Morgan fingerprint density at radius 2 is 2.00 bits per heavy atom. The summed E-state index contributed by atoms with van der Waals surface area (Å²) < 4.78 is 26.8. The number of carboxylic acids is 1. The highest BCUT2D eigenvalue weighted by Gasteiger charge is 2.22. The first-order chi connectivity index (χ1) is 8.81. The lowest BCUT2D eigenvalue weighted by molar-refractivity contribution is 0.0703. The van der Waals surface area contributed by atoms with Crippen LogP contribution in [0.15, 0.2) is 21.7 Å². The van der Waals surface area contributed by atoms with Gasteiger partial charge in [-0.3, -0.25) is 4.72 Å². The predicted octanol–water partition coefficient (Wildman–Crippen LogP) is 2.93. The van der Waals surface area contributed by atoms with Gasteiger partial charge in [-0.1, -0.05) is 0 Å². The summed E-state index contributed by atoms with van der Waals surface area (Å²) in [5.74, 6) is -1.14. The van der Waals surface area contributed by atoms with Crippen molar-refractivity contribution in [2.45, 2.75) is 18.1 Å². The first kappa shape index (κ1) is 14.0. The molecule has 0 aliphatic heterocycles. The number of hydrogen-bond acceptors (Lipinski definition) is 5. The molecule has 0 unspecified atom stereocenters. The van der Waals surface area contributed by atoms with Crippen molar-refractivity contribution in [2.24, 2.45) is 0 Å². The predicted molar refractivity (Wildman–Crippen MR) is 75.9 cm³/mol. The highest BCUT2D eigenvalue weighted by molar-refractivity contribution is 7.94. The van der Waals surface area contributed by atoms with E-state index in [4.69, 9.17) is 5.11 Å². The van der Waals surface area contributed by atoms with E-state index in [2.05, 4.69) is 4.72 Å². The average molecular weight is 317 g/mol. The first-order valence-electron chi connectivity index (χ1n) is 5.22. The molecule has 0 aliphatic carbocycles. The number of hydrogen-bond donors (Lipinski definition) is 2. The molecule has 0 atom stereocenters.